The highest BCUT2D eigenvalue weighted by molar-refractivity contribution is 5.44. The van der Waals surface area contributed by atoms with E-state index in [0.29, 0.717) is 12.2 Å². The van der Waals surface area contributed by atoms with Crippen LogP contribution < -0.4 is 0 Å². The summed E-state index contributed by atoms with van der Waals surface area (Å²) in [4.78, 5) is 0. The van der Waals surface area contributed by atoms with Crippen molar-refractivity contribution in [3.63, 3.8) is 0 Å². The highest BCUT2D eigenvalue weighted by Gasteiger charge is 2.19. The van der Waals surface area contributed by atoms with Crippen molar-refractivity contribution in [3.05, 3.63) is 28.8 Å². The van der Waals surface area contributed by atoms with E-state index in [2.05, 4.69) is 20.8 Å². The van der Waals surface area contributed by atoms with Crippen molar-refractivity contribution in [1.82, 2.24) is 0 Å². The van der Waals surface area contributed by atoms with Gasteiger partial charge in [0.15, 0.2) is 0 Å². The third-order valence-electron chi connectivity index (χ3n) is 2.78. The molecule has 1 unspecified atom stereocenters. The quantitative estimate of drug-likeness (QED) is 0.807. The third-order valence-corrected chi connectivity index (χ3v) is 2.78. The molecule has 0 aliphatic rings. The SMILES string of the molecule is Cc1cc(O)c(C(C)(C)C)cc1CC(C)O. The van der Waals surface area contributed by atoms with E-state index < -0.39 is 0 Å². The molecule has 0 saturated carbocycles. The first-order chi connectivity index (χ1) is 7.21. The lowest BCUT2D eigenvalue weighted by atomic mass is 9.84. The second-order valence-electron chi connectivity index (χ2n) is 5.60. The molecule has 0 fully saturated rings. The van der Waals surface area contributed by atoms with Gasteiger partial charge in [0.1, 0.15) is 5.75 Å². The highest BCUT2D eigenvalue weighted by Crippen LogP contribution is 2.33. The van der Waals surface area contributed by atoms with Gasteiger partial charge in [-0.05, 0) is 48.4 Å². The first-order valence-electron chi connectivity index (χ1n) is 5.73. The van der Waals surface area contributed by atoms with E-state index in [-0.39, 0.29) is 11.5 Å². The molecular weight excluding hydrogens is 200 g/mol. The molecule has 16 heavy (non-hydrogen) atoms. The van der Waals surface area contributed by atoms with Crippen LogP contribution in [-0.4, -0.2) is 16.3 Å². The van der Waals surface area contributed by atoms with Gasteiger partial charge in [-0.2, -0.15) is 0 Å². The van der Waals surface area contributed by atoms with Crippen LogP contribution in [-0.2, 0) is 11.8 Å². The van der Waals surface area contributed by atoms with Gasteiger partial charge in [-0.25, -0.2) is 0 Å². The lowest BCUT2D eigenvalue weighted by Crippen LogP contribution is -2.14. The summed E-state index contributed by atoms with van der Waals surface area (Å²) in [6.45, 7) is 9.96. The maximum atomic E-state index is 9.92. The number of phenolic OH excluding ortho intramolecular Hbond substituents is 1. The van der Waals surface area contributed by atoms with Crippen LogP contribution in [0.15, 0.2) is 12.1 Å². The summed E-state index contributed by atoms with van der Waals surface area (Å²) in [5.41, 5.74) is 3.00. The Morgan fingerprint density at radius 1 is 1.25 bits per heavy atom. The van der Waals surface area contributed by atoms with Crippen LogP contribution in [0.25, 0.3) is 0 Å². The molecule has 2 heteroatoms. The van der Waals surface area contributed by atoms with E-state index in [9.17, 15) is 10.2 Å². The van der Waals surface area contributed by atoms with Gasteiger partial charge in [0.25, 0.3) is 0 Å². The van der Waals surface area contributed by atoms with Crippen LogP contribution in [0.4, 0.5) is 0 Å². The summed E-state index contributed by atoms with van der Waals surface area (Å²) in [5, 5.41) is 19.4. The molecule has 0 aliphatic heterocycles. The van der Waals surface area contributed by atoms with Gasteiger partial charge >= 0.3 is 0 Å². The zero-order valence-corrected chi connectivity index (χ0v) is 10.8. The average Bonchev–Trinajstić information content (AvgIpc) is 2.06. The summed E-state index contributed by atoms with van der Waals surface area (Å²) in [5.74, 6) is 0.347. The fourth-order valence-corrected chi connectivity index (χ4v) is 1.88. The maximum Gasteiger partial charge on any atom is 0.119 e. The van der Waals surface area contributed by atoms with E-state index in [4.69, 9.17) is 0 Å². The number of aryl methyl sites for hydroxylation is 1. The van der Waals surface area contributed by atoms with Gasteiger partial charge < -0.3 is 10.2 Å². The third kappa shape index (κ3) is 2.99. The second-order valence-corrected chi connectivity index (χ2v) is 5.60. The molecule has 0 saturated heterocycles. The van der Waals surface area contributed by atoms with Gasteiger partial charge in [-0.1, -0.05) is 26.8 Å². The van der Waals surface area contributed by atoms with Gasteiger partial charge in [-0.3, -0.25) is 0 Å². The van der Waals surface area contributed by atoms with Crippen LogP contribution in [0.1, 0.15) is 44.4 Å². The molecular formula is C14H22O2. The van der Waals surface area contributed by atoms with Gasteiger partial charge in [0, 0.05) is 0 Å². The summed E-state index contributed by atoms with van der Waals surface area (Å²) >= 11 is 0. The molecule has 0 radical (unpaired) electrons. The number of aromatic hydroxyl groups is 1. The zero-order chi connectivity index (χ0) is 12.5. The largest absolute Gasteiger partial charge is 0.508 e. The van der Waals surface area contributed by atoms with Crippen molar-refractivity contribution in [3.8, 4) is 5.75 Å². The Labute approximate surface area is 97.9 Å². The van der Waals surface area contributed by atoms with Crippen molar-refractivity contribution in [1.29, 1.82) is 0 Å². The number of benzene rings is 1. The number of phenols is 1. The molecule has 2 N–H and O–H groups in total. The standard InChI is InChI=1S/C14H22O2/c1-9-6-13(16)12(14(3,4)5)8-11(9)7-10(2)15/h6,8,10,15-16H,7H2,1-5H3. The minimum absolute atomic E-state index is 0.0781. The fraction of sp³-hybridized carbons (Fsp3) is 0.571. The molecule has 0 amide bonds. The van der Waals surface area contributed by atoms with Crippen LogP contribution in [0, 0.1) is 6.92 Å². The molecule has 0 bridgehead atoms. The molecule has 1 aromatic rings. The van der Waals surface area contributed by atoms with E-state index >= 15 is 0 Å². The highest BCUT2D eigenvalue weighted by atomic mass is 16.3. The van der Waals surface area contributed by atoms with Crippen molar-refractivity contribution in [2.45, 2.75) is 52.6 Å². The molecule has 1 atom stereocenters. The lowest BCUT2D eigenvalue weighted by molar-refractivity contribution is 0.195. The molecule has 0 heterocycles. The minimum Gasteiger partial charge on any atom is -0.508 e. The number of hydrogen-bond donors (Lipinski definition) is 2. The predicted octanol–water partition coefficient (Wildman–Crippen LogP) is 2.92. The smallest absolute Gasteiger partial charge is 0.119 e. The number of aliphatic hydroxyl groups is 1. The van der Waals surface area contributed by atoms with Crippen molar-refractivity contribution in [2.75, 3.05) is 0 Å². The molecule has 1 aromatic carbocycles. The topological polar surface area (TPSA) is 40.5 Å². The van der Waals surface area contributed by atoms with Crippen molar-refractivity contribution < 1.29 is 10.2 Å². The molecule has 2 nitrogen and oxygen atoms in total. The van der Waals surface area contributed by atoms with E-state index in [1.807, 2.05) is 13.0 Å². The maximum absolute atomic E-state index is 9.92. The normalized spacial score (nSPS) is 13.9. The molecule has 0 aromatic heterocycles. The minimum atomic E-state index is -0.351. The second kappa shape index (κ2) is 4.46. The van der Waals surface area contributed by atoms with E-state index in [0.717, 1.165) is 16.7 Å². The van der Waals surface area contributed by atoms with Gasteiger partial charge in [-0.15, -0.1) is 0 Å². The Bertz CT molecular complexity index is 373. The fourth-order valence-electron chi connectivity index (χ4n) is 1.88. The Morgan fingerprint density at radius 2 is 1.81 bits per heavy atom. The first kappa shape index (κ1) is 13.0. The summed E-state index contributed by atoms with van der Waals surface area (Å²) in [6, 6.07) is 3.80. The van der Waals surface area contributed by atoms with E-state index in [1.54, 1.807) is 13.0 Å². The Kier molecular flexibility index (Phi) is 3.64. The molecule has 1 rings (SSSR count). The lowest BCUT2D eigenvalue weighted by Gasteiger charge is -2.22. The summed E-state index contributed by atoms with van der Waals surface area (Å²) in [7, 11) is 0. The van der Waals surface area contributed by atoms with Crippen molar-refractivity contribution >= 4 is 0 Å². The Balaban J connectivity index is 3.22. The first-order valence-corrected chi connectivity index (χ1v) is 5.73. The number of aliphatic hydroxyl groups excluding tert-OH is 1. The summed E-state index contributed by atoms with van der Waals surface area (Å²) < 4.78 is 0. The zero-order valence-electron chi connectivity index (χ0n) is 10.8. The van der Waals surface area contributed by atoms with Crippen LogP contribution in [0.5, 0.6) is 5.75 Å². The molecule has 90 valence electrons. The Morgan fingerprint density at radius 3 is 2.25 bits per heavy atom. The average molecular weight is 222 g/mol. The Hall–Kier alpha value is -1.02. The van der Waals surface area contributed by atoms with Gasteiger partial charge in [0.05, 0.1) is 6.10 Å². The van der Waals surface area contributed by atoms with E-state index in [1.165, 1.54) is 0 Å². The van der Waals surface area contributed by atoms with Gasteiger partial charge in [0.2, 0.25) is 0 Å². The summed E-state index contributed by atoms with van der Waals surface area (Å²) in [6.07, 6.45) is 0.283. The predicted molar refractivity (Wildman–Crippen MR) is 66.9 cm³/mol. The molecule has 0 spiro atoms. The van der Waals surface area contributed by atoms with Crippen molar-refractivity contribution in [2.24, 2.45) is 0 Å². The number of rotatable bonds is 2. The van der Waals surface area contributed by atoms with Crippen LogP contribution >= 0.6 is 0 Å². The monoisotopic (exact) mass is 222 g/mol. The number of hydrogen-bond acceptors (Lipinski definition) is 2. The van der Waals surface area contributed by atoms with Crippen LogP contribution in [0.2, 0.25) is 0 Å². The van der Waals surface area contributed by atoms with Crippen LogP contribution in [0.3, 0.4) is 0 Å². The molecule has 0 aliphatic carbocycles.